The molecule has 2 heteroatoms. The predicted octanol–water partition coefficient (Wildman–Crippen LogP) is 11.5. The Kier molecular flexibility index (Phi) is 5.17. The van der Waals surface area contributed by atoms with E-state index in [1.54, 1.807) is 0 Å². The predicted molar refractivity (Wildman–Crippen MR) is 183 cm³/mol. The Balaban J connectivity index is 1.26. The van der Waals surface area contributed by atoms with Gasteiger partial charge in [-0.1, -0.05) is 107 Å². The monoisotopic (exact) mass is 569 g/mol. The van der Waals surface area contributed by atoms with Crippen LogP contribution in [-0.4, -0.2) is 0 Å². The molecule has 0 bridgehead atoms. The Morgan fingerprint density at radius 1 is 0.591 bits per heavy atom. The summed E-state index contributed by atoms with van der Waals surface area (Å²) in [5, 5.41) is 1.23. The van der Waals surface area contributed by atoms with Crippen LogP contribution in [-0.2, 0) is 17.3 Å². The number of benzene rings is 5. The highest BCUT2D eigenvalue weighted by molar-refractivity contribution is 6.04. The first-order chi connectivity index (χ1) is 21.3. The molecule has 0 aliphatic heterocycles. The Bertz CT molecular complexity index is 2180. The SMILES string of the molecule is CC1(C)c2ccccc2-c2ccc(N(c3ccccc3)c3ccc4c(c3)-c3c(ccc5c6c(oc35)CCC=C6)C4(C)C)cc21. The van der Waals surface area contributed by atoms with Gasteiger partial charge >= 0.3 is 0 Å². The van der Waals surface area contributed by atoms with Crippen LogP contribution in [0.2, 0.25) is 0 Å². The lowest BCUT2D eigenvalue weighted by Crippen LogP contribution is -2.17. The fourth-order valence-corrected chi connectivity index (χ4v) is 8.23. The van der Waals surface area contributed by atoms with Gasteiger partial charge in [-0.05, 0) is 81.8 Å². The molecular weight excluding hydrogens is 534 g/mol. The van der Waals surface area contributed by atoms with E-state index in [0.29, 0.717) is 0 Å². The van der Waals surface area contributed by atoms with Gasteiger partial charge < -0.3 is 9.32 Å². The zero-order valence-electron chi connectivity index (χ0n) is 25.7. The molecule has 1 aromatic heterocycles. The molecule has 0 fully saturated rings. The second-order valence-electron chi connectivity index (χ2n) is 13.7. The first kappa shape index (κ1) is 25.7. The average Bonchev–Trinajstić information content (AvgIpc) is 3.61. The highest BCUT2D eigenvalue weighted by Crippen LogP contribution is 2.55. The van der Waals surface area contributed by atoms with Gasteiger partial charge in [0.05, 0.1) is 0 Å². The van der Waals surface area contributed by atoms with Crippen molar-refractivity contribution in [2.75, 3.05) is 4.90 Å². The number of hydrogen-bond donors (Lipinski definition) is 0. The van der Waals surface area contributed by atoms with Crippen LogP contribution in [0.1, 0.15) is 67.7 Å². The molecule has 44 heavy (non-hydrogen) atoms. The number of furan rings is 1. The molecular formula is C42H35NO. The van der Waals surface area contributed by atoms with E-state index in [4.69, 9.17) is 4.42 Å². The van der Waals surface area contributed by atoms with Crippen molar-refractivity contribution in [1.29, 1.82) is 0 Å². The molecule has 3 aliphatic rings. The van der Waals surface area contributed by atoms with E-state index < -0.39 is 0 Å². The van der Waals surface area contributed by atoms with Crippen molar-refractivity contribution < 1.29 is 4.42 Å². The van der Waals surface area contributed by atoms with Crippen LogP contribution in [0.25, 0.3) is 39.3 Å². The quantitative estimate of drug-likeness (QED) is 0.211. The van der Waals surface area contributed by atoms with Crippen LogP contribution in [0, 0.1) is 0 Å². The van der Waals surface area contributed by atoms with Crippen molar-refractivity contribution in [3.63, 3.8) is 0 Å². The first-order valence-electron chi connectivity index (χ1n) is 15.8. The van der Waals surface area contributed by atoms with E-state index in [2.05, 4.69) is 148 Å². The van der Waals surface area contributed by atoms with Gasteiger partial charge in [0.15, 0.2) is 0 Å². The number of para-hydroxylation sites is 1. The highest BCUT2D eigenvalue weighted by atomic mass is 16.3. The average molecular weight is 570 g/mol. The summed E-state index contributed by atoms with van der Waals surface area (Å²) in [5.74, 6) is 1.12. The van der Waals surface area contributed by atoms with Crippen molar-refractivity contribution in [3.05, 3.63) is 143 Å². The number of fused-ring (bicyclic) bond motifs is 10. The molecule has 0 saturated heterocycles. The van der Waals surface area contributed by atoms with Crippen LogP contribution >= 0.6 is 0 Å². The standard InChI is InChI=1S/C42H35NO/c1-41(2)35-22-19-27(24-33(35)39-36(41)23-21-32-31-15-9-11-17-38(31)44-40(32)39)43(26-12-6-5-7-13-26)28-18-20-30-29-14-8-10-16-34(29)42(3,4)37(30)25-28/h5-10,12-16,18-25H,11,17H2,1-4H3. The van der Waals surface area contributed by atoms with Crippen LogP contribution in [0.15, 0.2) is 114 Å². The van der Waals surface area contributed by atoms with Crippen LogP contribution < -0.4 is 4.90 Å². The number of rotatable bonds is 3. The molecule has 6 aromatic rings. The summed E-state index contributed by atoms with van der Waals surface area (Å²) in [6.07, 6.45) is 6.52. The molecule has 2 nitrogen and oxygen atoms in total. The van der Waals surface area contributed by atoms with E-state index in [1.165, 1.54) is 61.1 Å². The van der Waals surface area contributed by atoms with Crippen molar-refractivity contribution in [3.8, 4) is 22.3 Å². The van der Waals surface area contributed by atoms with Gasteiger partial charge in [0.2, 0.25) is 0 Å². The van der Waals surface area contributed by atoms with E-state index in [9.17, 15) is 0 Å². The van der Waals surface area contributed by atoms with Crippen LogP contribution in [0.4, 0.5) is 17.1 Å². The second-order valence-corrected chi connectivity index (χ2v) is 13.7. The molecule has 5 aromatic carbocycles. The summed E-state index contributed by atoms with van der Waals surface area (Å²) in [6, 6.07) is 38.3. The molecule has 0 radical (unpaired) electrons. The number of nitrogens with zero attached hydrogens (tertiary/aromatic N) is 1. The summed E-state index contributed by atoms with van der Waals surface area (Å²) in [7, 11) is 0. The van der Waals surface area contributed by atoms with Crippen molar-refractivity contribution >= 4 is 34.1 Å². The maximum absolute atomic E-state index is 6.69. The van der Waals surface area contributed by atoms with E-state index >= 15 is 0 Å². The molecule has 1 heterocycles. The van der Waals surface area contributed by atoms with Crippen LogP contribution in [0.5, 0.6) is 0 Å². The smallest absolute Gasteiger partial charge is 0.143 e. The maximum atomic E-state index is 6.69. The molecule has 0 unspecified atom stereocenters. The normalized spacial score (nSPS) is 16.3. The van der Waals surface area contributed by atoms with Gasteiger partial charge in [-0.3, -0.25) is 0 Å². The third-order valence-corrected chi connectivity index (χ3v) is 10.5. The van der Waals surface area contributed by atoms with Gasteiger partial charge in [-0.15, -0.1) is 0 Å². The summed E-state index contributed by atoms with van der Waals surface area (Å²) >= 11 is 0. The maximum Gasteiger partial charge on any atom is 0.143 e. The summed E-state index contributed by atoms with van der Waals surface area (Å²) in [6.45, 7) is 9.40. The van der Waals surface area contributed by atoms with Gasteiger partial charge in [0, 0.05) is 50.8 Å². The molecule has 9 rings (SSSR count). The van der Waals surface area contributed by atoms with E-state index in [1.807, 2.05) is 0 Å². The second kappa shape index (κ2) is 8.86. The Morgan fingerprint density at radius 3 is 2.14 bits per heavy atom. The highest BCUT2D eigenvalue weighted by Gasteiger charge is 2.39. The molecule has 0 amide bonds. The summed E-state index contributed by atoms with van der Waals surface area (Å²) in [4.78, 5) is 2.42. The molecule has 0 atom stereocenters. The fraction of sp³-hybridized carbons (Fsp3) is 0.190. The number of allylic oxidation sites excluding steroid dienone is 1. The van der Waals surface area contributed by atoms with E-state index in [0.717, 1.165) is 35.6 Å². The number of aryl methyl sites for hydroxylation is 1. The molecule has 0 spiro atoms. The minimum absolute atomic E-state index is 0.0658. The zero-order chi connectivity index (χ0) is 29.8. The minimum Gasteiger partial charge on any atom is -0.460 e. The van der Waals surface area contributed by atoms with Gasteiger partial charge in [0.25, 0.3) is 0 Å². The lowest BCUT2D eigenvalue weighted by Gasteiger charge is -2.29. The topological polar surface area (TPSA) is 16.4 Å². The van der Waals surface area contributed by atoms with Crippen molar-refractivity contribution in [2.45, 2.75) is 51.4 Å². The first-order valence-corrected chi connectivity index (χ1v) is 15.8. The minimum atomic E-state index is -0.110. The third-order valence-electron chi connectivity index (χ3n) is 10.5. The van der Waals surface area contributed by atoms with Gasteiger partial charge in [0.1, 0.15) is 11.3 Å². The van der Waals surface area contributed by atoms with Crippen LogP contribution in [0.3, 0.4) is 0 Å². The van der Waals surface area contributed by atoms with Crippen molar-refractivity contribution in [1.82, 2.24) is 0 Å². The molecule has 0 N–H and O–H groups in total. The number of anilines is 3. The Hall–Kier alpha value is -4.82. The fourth-order valence-electron chi connectivity index (χ4n) is 8.23. The van der Waals surface area contributed by atoms with Crippen molar-refractivity contribution in [2.24, 2.45) is 0 Å². The Morgan fingerprint density at radius 2 is 1.27 bits per heavy atom. The number of hydrogen-bond acceptors (Lipinski definition) is 2. The molecule has 0 saturated carbocycles. The Labute approximate surface area is 259 Å². The van der Waals surface area contributed by atoms with Gasteiger partial charge in [-0.2, -0.15) is 0 Å². The molecule has 3 aliphatic carbocycles. The largest absolute Gasteiger partial charge is 0.460 e. The van der Waals surface area contributed by atoms with E-state index in [-0.39, 0.29) is 10.8 Å². The lowest BCUT2D eigenvalue weighted by molar-refractivity contribution is 0.546. The summed E-state index contributed by atoms with van der Waals surface area (Å²) in [5.41, 5.74) is 16.3. The summed E-state index contributed by atoms with van der Waals surface area (Å²) < 4.78 is 6.69. The molecule has 214 valence electrons. The third kappa shape index (κ3) is 3.37. The zero-order valence-corrected chi connectivity index (χ0v) is 25.7. The van der Waals surface area contributed by atoms with Gasteiger partial charge in [-0.25, -0.2) is 0 Å². The lowest BCUT2D eigenvalue weighted by atomic mass is 9.82.